The lowest BCUT2D eigenvalue weighted by Gasteiger charge is -2.34. The molecule has 1 amide bonds. The van der Waals surface area contributed by atoms with Crippen molar-refractivity contribution in [2.45, 2.75) is 32.9 Å². The lowest BCUT2D eigenvalue weighted by molar-refractivity contribution is -0.132. The maximum atomic E-state index is 12.1. The zero-order chi connectivity index (χ0) is 14.9. The van der Waals surface area contributed by atoms with Crippen LogP contribution in [0.15, 0.2) is 37.2 Å². The van der Waals surface area contributed by atoms with Crippen molar-refractivity contribution in [1.82, 2.24) is 10.2 Å². The van der Waals surface area contributed by atoms with E-state index in [-0.39, 0.29) is 11.9 Å². The fourth-order valence-electron chi connectivity index (χ4n) is 2.33. The zero-order valence-corrected chi connectivity index (χ0v) is 12.1. The molecule has 0 aliphatic carbocycles. The van der Waals surface area contributed by atoms with Crippen LogP contribution in [-0.4, -0.2) is 16.8 Å². The summed E-state index contributed by atoms with van der Waals surface area (Å²) in [5.41, 5.74) is 9.33. The third-order valence-electron chi connectivity index (χ3n) is 3.57. The van der Waals surface area contributed by atoms with Gasteiger partial charge in [-0.15, -0.1) is 0 Å². The molecule has 1 aromatic rings. The molecule has 0 saturated carbocycles. The van der Waals surface area contributed by atoms with Gasteiger partial charge < -0.3 is 11.1 Å². The molecule has 1 saturated heterocycles. The molecule has 0 aromatic heterocycles. The van der Waals surface area contributed by atoms with Crippen molar-refractivity contribution in [2.24, 2.45) is 5.73 Å². The Morgan fingerprint density at radius 1 is 1.55 bits per heavy atom. The van der Waals surface area contributed by atoms with E-state index in [1.54, 1.807) is 4.90 Å². The third-order valence-corrected chi connectivity index (χ3v) is 3.57. The molecule has 4 nitrogen and oxygen atoms in total. The maximum Gasteiger partial charge on any atom is 0.230 e. The zero-order valence-electron chi connectivity index (χ0n) is 12.1. The standard InChI is InChI=1S/C16H21N3O/c1-10-5-6-14(12(3)17)8-15(10)9-19-13(4)18-11(2)7-16(19)20/h5-6,8,11,18H,3-4,7,9,17H2,1-2H3. The highest BCUT2D eigenvalue weighted by atomic mass is 16.2. The molecule has 1 aromatic carbocycles. The summed E-state index contributed by atoms with van der Waals surface area (Å²) in [5.74, 6) is 0.753. The van der Waals surface area contributed by atoms with Crippen molar-refractivity contribution < 1.29 is 4.79 Å². The van der Waals surface area contributed by atoms with Gasteiger partial charge in [-0.1, -0.05) is 25.3 Å². The number of aryl methyl sites for hydroxylation is 1. The first-order valence-electron chi connectivity index (χ1n) is 6.68. The number of rotatable bonds is 3. The Balaban J connectivity index is 2.25. The SMILES string of the molecule is C=C(N)c1ccc(C)c(CN2C(=C)NC(C)CC2=O)c1. The summed E-state index contributed by atoms with van der Waals surface area (Å²) < 4.78 is 0. The fraction of sp³-hybridized carbons (Fsp3) is 0.312. The summed E-state index contributed by atoms with van der Waals surface area (Å²) >= 11 is 0. The van der Waals surface area contributed by atoms with Crippen molar-refractivity contribution in [3.8, 4) is 0 Å². The quantitative estimate of drug-likeness (QED) is 0.885. The largest absolute Gasteiger partial charge is 0.399 e. The Bertz CT molecular complexity index is 559. The van der Waals surface area contributed by atoms with Crippen LogP contribution in [0.25, 0.3) is 5.70 Å². The molecular weight excluding hydrogens is 250 g/mol. The van der Waals surface area contributed by atoms with Crippen molar-refractivity contribution in [1.29, 1.82) is 0 Å². The molecule has 0 spiro atoms. The van der Waals surface area contributed by atoms with E-state index in [0.29, 0.717) is 24.5 Å². The van der Waals surface area contributed by atoms with Crippen LogP contribution in [0.5, 0.6) is 0 Å². The van der Waals surface area contributed by atoms with E-state index in [1.807, 2.05) is 32.0 Å². The third kappa shape index (κ3) is 2.85. The summed E-state index contributed by atoms with van der Waals surface area (Å²) in [5, 5.41) is 3.21. The second-order valence-electron chi connectivity index (χ2n) is 5.34. The summed E-state index contributed by atoms with van der Waals surface area (Å²) in [4.78, 5) is 13.8. The number of nitrogens with one attached hydrogen (secondary N) is 1. The Morgan fingerprint density at radius 3 is 2.85 bits per heavy atom. The summed E-state index contributed by atoms with van der Waals surface area (Å²) in [6.45, 7) is 12.2. The van der Waals surface area contributed by atoms with Crippen LogP contribution in [0.1, 0.15) is 30.0 Å². The van der Waals surface area contributed by atoms with Gasteiger partial charge in [0.05, 0.1) is 6.54 Å². The van der Waals surface area contributed by atoms with Gasteiger partial charge in [-0.3, -0.25) is 9.69 Å². The average molecular weight is 271 g/mol. The molecule has 20 heavy (non-hydrogen) atoms. The van der Waals surface area contributed by atoms with Crippen LogP contribution in [0.3, 0.4) is 0 Å². The smallest absolute Gasteiger partial charge is 0.230 e. The maximum absolute atomic E-state index is 12.1. The minimum atomic E-state index is 0.0950. The molecule has 1 unspecified atom stereocenters. The van der Waals surface area contributed by atoms with Gasteiger partial charge in [-0.25, -0.2) is 0 Å². The summed E-state index contributed by atoms with van der Waals surface area (Å²) in [6.07, 6.45) is 0.487. The van der Waals surface area contributed by atoms with E-state index in [2.05, 4.69) is 18.5 Å². The Hall–Kier alpha value is -2.23. The van der Waals surface area contributed by atoms with Crippen LogP contribution in [0.4, 0.5) is 0 Å². The monoisotopic (exact) mass is 271 g/mol. The molecule has 0 bridgehead atoms. The van der Waals surface area contributed by atoms with Gasteiger partial charge in [0.1, 0.15) is 5.82 Å². The molecule has 3 N–H and O–H groups in total. The molecule has 0 radical (unpaired) electrons. The number of hydrogen-bond acceptors (Lipinski definition) is 3. The van der Waals surface area contributed by atoms with E-state index in [9.17, 15) is 4.79 Å². The predicted octanol–water partition coefficient (Wildman–Crippen LogP) is 2.11. The molecular formula is C16H21N3O. The lowest BCUT2D eigenvalue weighted by atomic mass is 10.0. The Morgan fingerprint density at radius 2 is 2.25 bits per heavy atom. The van der Waals surface area contributed by atoms with Crippen LogP contribution >= 0.6 is 0 Å². The van der Waals surface area contributed by atoms with Gasteiger partial charge >= 0.3 is 0 Å². The van der Waals surface area contributed by atoms with E-state index < -0.39 is 0 Å². The second-order valence-corrected chi connectivity index (χ2v) is 5.34. The number of amides is 1. The van der Waals surface area contributed by atoms with Gasteiger partial charge in [-0.05, 0) is 36.6 Å². The highest BCUT2D eigenvalue weighted by Gasteiger charge is 2.26. The number of nitrogens with two attached hydrogens (primary N) is 1. The van der Waals surface area contributed by atoms with Gasteiger partial charge in [-0.2, -0.15) is 0 Å². The van der Waals surface area contributed by atoms with Crippen molar-refractivity contribution in [3.05, 3.63) is 53.9 Å². The Kier molecular flexibility index (Phi) is 3.84. The first-order valence-corrected chi connectivity index (χ1v) is 6.68. The van der Waals surface area contributed by atoms with Crippen molar-refractivity contribution in [2.75, 3.05) is 0 Å². The molecule has 1 heterocycles. The highest BCUT2D eigenvalue weighted by molar-refractivity contribution is 5.79. The van der Waals surface area contributed by atoms with Crippen LogP contribution in [0, 0.1) is 6.92 Å². The predicted molar refractivity (Wildman–Crippen MR) is 81.3 cm³/mol. The average Bonchev–Trinajstić information content (AvgIpc) is 2.35. The van der Waals surface area contributed by atoms with Gasteiger partial charge in [0.25, 0.3) is 0 Å². The molecule has 2 rings (SSSR count). The first-order chi connectivity index (χ1) is 9.38. The minimum Gasteiger partial charge on any atom is -0.399 e. The summed E-state index contributed by atoms with van der Waals surface area (Å²) in [6, 6.07) is 6.06. The highest BCUT2D eigenvalue weighted by Crippen LogP contribution is 2.20. The molecule has 4 heteroatoms. The molecule has 1 aliphatic heterocycles. The normalized spacial score (nSPS) is 18.9. The Labute approximate surface area is 120 Å². The van der Waals surface area contributed by atoms with E-state index in [4.69, 9.17) is 5.73 Å². The number of carbonyl (C=O) groups excluding carboxylic acids is 1. The van der Waals surface area contributed by atoms with Gasteiger partial charge in [0.15, 0.2) is 0 Å². The van der Waals surface area contributed by atoms with Gasteiger partial charge in [0, 0.05) is 18.2 Å². The van der Waals surface area contributed by atoms with E-state index in [0.717, 1.165) is 16.7 Å². The van der Waals surface area contributed by atoms with Crippen LogP contribution < -0.4 is 11.1 Å². The topological polar surface area (TPSA) is 58.4 Å². The molecule has 106 valence electrons. The molecule has 1 fully saturated rings. The molecule has 1 atom stereocenters. The van der Waals surface area contributed by atoms with Crippen molar-refractivity contribution in [3.63, 3.8) is 0 Å². The van der Waals surface area contributed by atoms with E-state index >= 15 is 0 Å². The molecule has 1 aliphatic rings. The number of nitrogens with zero attached hydrogens (tertiary/aromatic N) is 1. The number of carbonyl (C=O) groups is 1. The van der Waals surface area contributed by atoms with E-state index in [1.165, 1.54) is 0 Å². The van der Waals surface area contributed by atoms with Crippen molar-refractivity contribution >= 4 is 11.6 Å². The minimum absolute atomic E-state index is 0.0950. The fourth-order valence-corrected chi connectivity index (χ4v) is 2.33. The van der Waals surface area contributed by atoms with Crippen LogP contribution in [0.2, 0.25) is 0 Å². The lowest BCUT2D eigenvalue weighted by Crippen LogP contribution is -2.46. The number of hydrogen-bond donors (Lipinski definition) is 2. The number of benzene rings is 1. The van der Waals surface area contributed by atoms with Crippen LogP contribution in [-0.2, 0) is 11.3 Å². The second kappa shape index (κ2) is 5.41. The summed E-state index contributed by atoms with van der Waals surface area (Å²) in [7, 11) is 0. The van der Waals surface area contributed by atoms with Gasteiger partial charge in [0.2, 0.25) is 5.91 Å². The first kappa shape index (κ1) is 14.2.